The maximum atomic E-state index is 12.6. The highest BCUT2D eigenvalue weighted by Crippen LogP contribution is 2.44. The van der Waals surface area contributed by atoms with Crippen LogP contribution in [0.5, 0.6) is 0 Å². The Morgan fingerprint density at radius 1 is 1.42 bits per heavy atom. The zero-order valence-corrected chi connectivity index (χ0v) is 16.4. The van der Waals surface area contributed by atoms with Crippen LogP contribution in [-0.4, -0.2) is 54.2 Å². The molecule has 1 unspecified atom stereocenters. The SMILES string of the molecule is CCCC(CO)NC(=O)c1cc2c(s1)CCOC21CCN(C(C)=O)CC1. The van der Waals surface area contributed by atoms with Gasteiger partial charge in [0.25, 0.3) is 5.91 Å². The molecule has 2 aliphatic rings. The first kappa shape index (κ1) is 19.3. The zero-order chi connectivity index (χ0) is 18.7. The Morgan fingerprint density at radius 2 is 2.15 bits per heavy atom. The Labute approximate surface area is 158 Å². The van der Waals surface area contributed by atoms with Gasteiger partial charge in [0.2, 0.25) is 5.91 Å². The minimum Gasteiger partial charge on any atom is -0.394 e. The summed E-state index contributed by atoms with van der Waals surface area (Å²) in [5.41, 5.74) is 0.757. The summed E-state index contributed by atoms with van der Waals surface area (Å²) in [6, 6.07) is 1.77. The summed E-state index contributed by atoms with van der Waals surface area (Å²) < 4.78 is 6.19. The van der Waals surface area contributed by atoms with Crippen LogP contribution in [-0.2, 0) is 21.6 Å². The van der Waals surface area contributed by atoms with Gasteiger partial charge in [-0.1, -0.05) is 13.3 Å². The molecule has 6 nitrogen and oxygen atoms in total. The van der Waals surface area contributed by atoms with Crippen molar-refractivity contribution in [3.8, 4) is 0 Å². The second-order valence-corrected chi connectivity index (χ2v) is 8.32. The van der Waals surface area contributed by atoms with Gasteiger partial charge in [-0.25, -0.2) is 0 Å². The summed E-state index contributed by atoms with van der Waals surface area (Å²) in [6.45, 7) is 5.63. The number of likely N-dealkylation sites (tertiary alicyclic amines) is 1. The number of carbonyl (C=O) groups excluding carboxylic acids is 2. The van der Waals surface area contributed by atoms with Gasteiger partial charge in [0.05, 0.1) is 29.7 Å². The zero-order valence-electron chi connectivity index (χ0n) is 15.5. The summed E-state index contributed by atoms with van der Waals surface area (Å²) >= 11 is 1.53. The third-order valence-corrected chi connectivity index (χ3v) is 6.63. The molecule has 3 heterocycles. The molecule has 1 fully saturated rings. The monoisotopic (exact) mass is 380 g/mol. The van der Waals surface area contributed by atoms with E-state index in [0.29, 0.717) is 24.6 Å². The van der Waals surface area contributed by atoms with E-state index in [2.05, 4.69) is 5.32 Å². The number of hydrogen-bond acceptors (Lipinski definition) is 5. The van der Waals surface area contributed by atoms with Gasteiger partial charge >= 0.3 is 0 Å². The van der Waals surface area contributed by atoms with Crippen LogP contribution in [0.2, 0.25) is 0 Å². The highest BCUT2D eigenvalue weighted by molar-refractivity contribution is 7.14. The molecule has 0 saturated carbocycles. The van der Waals surface area contributed by atoms with E-state index in [-0.39, 0.29) is 30.1 Å². The quantitative estimate of drug-likeness (QED) is 0.819. The van der Waals surface area contributed by atoms with Crippen LogP contribution in [0, 0.1) is 0 Å². The number of nitrogens with zero attached hydrogens (tertiary/aromatic N) is 1. The summed E-state index contributed by atoms with van der Waals surface area (Å²) in [4.78, 5) is 28.0. The van der Waals surface area contributed by atoms with Crippen LogP contribution >= 0.6 is 11.3 Å². The Hall–Kier alpha value is -1.44. The molecule has 26 heavy (non-hydrogen) atoms. The molecule has 1 aromatic rings. The van der Waals surface area contributed by atoms with Crippen molar-refractivity contribution >= 4 is 23.2 Å². The van der Waals surface area contributed by atoms with E-state index >= 15 is 0 Å². The van der Waals surface area contributed by atoms with Crippen LogP contribution in [0.15, 0.2) is 6.07 Å². The summed E-state index contributed by atoms with van der Waals surface area (Å²) in [6.07, 6.45) is 4.04. The molecule has 144 valence electrons. The summed E-state index contributed by atoms with van der Waals surface area (Å²) in [7, 11) is 0. The third kappa shape index (κ3) is 3.80. The van der Waals surface area contributed by atoms with Crippen molar-refractivity contribution in [2.24, 2.45) is 0 Å². The second kappa shape index (κ2) is 8.06. The topological polar surface area (TPSA) is 78.9 Å². The van der Waals surface area contributed by atoms with E-state index in [1.807, 2.05) is 17.9 Å². The van der Waals surface area contributed by atoms with Gasteiger partial charge in [-0.05, 0) is 30.9 Å². The average molecular weight is 381 g/mol. The predicted octanol–water partition coefficient (Wildman–Crippen LogP) is 2.05. The maximum absolute atomic E-state index is 12.6. The molecule has 0 aromatic carbocycles. The molecular formula is C19H28N2O4S. The highest BCUT2D eigenvalue weighted by atomic mass is 32.1. The molecule has 7 heteroatoms. The number of carbonyl (C=O) groups is 2. The fraction of sp³-hybridized carbons (Fsp3) is 0.684. The molecule has 1 spiro atoms. The molecular weight excluding hydrogens is 352 g/mol. The van der Waals surface area contributed by atoms with Crippen molar-refractivity contribution in [1.29, 1.82) is 0 Å². The van der Waals surface area contributed by atoms with Crippen LogP contribution in [0.1, 0.15) is 59.6 Å². The minimum atomic E-state index is -0.367. The number of amides is 2. The van der Waals surface area contributed by atoms with Crippen molar-refractivity contribution in [2.75, 3.05) is 26.3 Å². The number of fused-ring (bicyclic) bond motifs is 2. The summed E-state index contributed by atoms with van der Waals surface area (Å²) in [5, 5.41) is 12.4. The molecule has 0 aliphatic carbocycles. The van der Waals surface area contributed by atoms with Crippen LogP contribution in [0.4, 0.5) is 0 Å². The molecule has 1 aromatic heterocycles. The Balaban J connectivity index is 1.77. The molecule has 3 rings (SSSR count). The van der Waals surface area contributed by atoms with Crippen LogP contribution in [0.3, 0.4) is 0 Å². The van der Waals surface area contributed by atoms with Gasteiger partial charge in [0.15, 0.2) is 0 Å². The number of nitrogens with one attached hydrogen (secondary N) is 1. The summed E-state index contributed by atoms with van der Waals surface area (Å²) in [5.74, 6) is -0.0135. The minimum absolute atomic E-state index is 0.0431. The highest BCUT2D eigenvalue weighted by Gasteiger charge is 2.42. The number of rotatable bonds is 5. The lowest BCUT2D eigenvalue weighted by Crippen LogP contribution is -2.47. The van der Waals surface area contributed by atoms with Gasteiger partial charge in [-0.3, -0.25) is 9.59 Å². The first-order chi connectivity index (χ1) is 12.5. The lowest BCUT2D eigenvalue weighted by molar-refractivity contribution is -0.138. The van der Waals surface area contributed by atoms with Gasteiger partial charge in [0.1, 0.15) is 0 Å². The largest absolute Gasteiger partial charge is 0.394 e. The van der Waals surface area contributed by atoms with E-state index in [9.17, 15) is 14.7 Å². The lowest BCUT2D eigenvalue weighted by Gasteiger charge is -2.43. The normalized spacial score (nSPS) is 19.9. The van der Waals surface area contributed by atoms with E-state index in [1.54, 1.807) is 6.92 Å². The van der Waals surface area contributed by atoms with Crippen molar-refractivity contribution < 1.29 is 19.4 Å². The molecule has 2 amide bonds. The van der Waals surface area contributed by atoms with E-state index in [0.717, 1.165) is 37.7 Å². The lowest BCUT2D eigenvalue weighted by atomic mass is 9.82. The fourth-order valence-electron chi connectivity index (χ4n) is 3.94. The Morgan fingerprint density at radius 3 is 2.77 bits per heavy atom. The predicted molar refractivity (Wildman–Crippen MR) is 100 cm³/mol. The second-order valence-electron chi connectivity index (χ2n) is 7.19. The van der Waals surface area contributed by atoms with E-state index in [4.69, 9.17) is 4.74 Å². The third-order valence-electron chi connectivity index (χ3n) is 5.44. The number of thiophene rings is 1. The van der Waals surface area contributed by atoms with Crippen molar-refractivity contribution in [2.45, 2.75) is 57.6 Å². The number of ether oxygens (including phenoxy) is 1. The van der Waals surface area contributed by atoms with Gasteiger partial charge in [-0.15, -0.1) is 11.3 Å². The Kier molecular flexibility index (Phi) is 5.99. The standard InChI is InChI=1S/C19H28N2O4S/c1-3-4-14(12-22)20-18(24)17-11-15-16(26-17)5-10-25-19(15)6-8-21(9-7-19)13(2)23/h11,14,22H,3-10,12H2,1-2H3,(H,20,24). The molecule has 1 saturated heterocycles. The smallest absolute Gasteiger partial charge is 0.261 e. The first-order valence-electron chi connectivity index (χ1n) is 9.43. The molecule has 2 aliphatic heterocycles. The van der Waals surface area contributed by atoms with Gasteiger partial charge in [-0.2, -0.15) is 0 Å². The van der Waals surface area contributed by atoms with Crippen LogP contribution < -0.4 is 5.32 Å². The van der Waals surface area contributed by atoms with E-state index in [1.165, 1.54) is 16.2 Å². The number of piperidine rings is 1. The van der Waals surface area contributed by atoms with Gasteiger partial charge in [0, 0.05) is 31.3 Å². The Bertz CT molecular complexity index is 664. The number of aliphatic hydroxyl groups is 1. The number of aliphatic hydroxyl groups excluding tert-OH is 1. The van der Waals surface area contributed by atoms with Gasteiger partial charge < -0.3 is 20.1 Å². The molecule has 1 atom stereocenters. The van der Waals surface area contributed by atoms with Crippen molar-refractivity contribution in [3.05, 3.63) is 21.4 Å². The number of hydrogen-bond donors (Lipinski definition) is 2. The average Bonchev–Trinajstić information content (AvgIpc) is 3.08. The van der Waals surface area contributed by atoms with Crippen molar-refractivity contribution in [1.82, 2.24) is 10.2 Å². The van der Waals surface area contributed by atoms with Crippen LogP contribution in [0.25, 0.3) is 0 Å². The first-order valence-corrected chi connectivity index (χ1v) is 10.2. The maximum Gasteiger partial charge on any atom is 0.261 e. The fourth-order valence-corrected chi connectivity index (χ4v) is 5.07. The molecule has 0 radical (unpaired) electrons. The van der Waals surface area contributed by atoms with Crippen molar-refractivity contribution in [3.63, 3.8) is 0 Å². The van der Waals surface area contributed by atoms with E-state index < -0.39 is 0 Å². The molecule has 0 bridgehead atoms. The molecule has 2 N–H and O–H groups in total.